The average molecular weight is 581 g/mol. The summed E-state index contributed by atoms with van der Waals surface area (Å²) in [5.41, 5.74) is 1.46. The summed E-state index contributed by atoms with van der Waals surface area (Å²) in [7, 11) is 0. The summed E-state index contributed by atoms with van der Waals surface area (Å²) in [6.45, 7) is 12.8. The number of carbonyl (C=O) groups is 2. The summed E-state index contributed by atoms with van der Waals surface area (Å²) in [5.74, 6) is 1.73. The highest BCUT2D eigenvalue weighted by Gasteiger charge is 2.26. The summed E-state index contributed by atoms with van der Waals surface area (Å²) in [6, 6.07) is 15.1. The van der Waals surface area contributed by atoms with E-state index in [4.69, 9.17) is 18.9 Å². The minimum atomic E-state index is -0.0967. The van der Waals surface area contributed by atoms with Crippen LogP contribution < -0.4 is 9.47 Å². The van der Waals surface area contributed by atoms with Gasteiger partial charge in [0, 0.05) is 62.2 Å². The minimum absolute atomic E-state index is 0.0967. The van der Waals surface area contributed by atoms with Crippen molar-refractivity contribution in [3.8, 4) is 11.5 Å². The summed E-state index contributed by atoms with van der Waals surface area (Å²) in [5, 5.41) is 0. The van der Waals surface area contributed by atoms with E-state index in [2.05, 4.69) is 9.80 Å². The number of benzene rings is 2. The maximum atomic E-state index is 13.7. The standard InChI is InChI=1S/C34H48N2O6/c1-3-41-31-13-9-27(10-14-31)33(37)29(25-35-17-21-39-22-18-35)7-5-6-8-30(26-36-19-23-40-24-20-36)34(38)28-11-15-32(16-12-28)42-4-2/h9-16,29-30H,3-8,17-26H2,1-2H3/t29-,30+. The van der Waals surface area contributed by atoms with Crippen LogP contribution in [0.3, 0.4) is 0 Å². The van der Waals surface area contributed by atoms with Crippen molar-refractivity contribution in [2.45, 2.75) is 39.5 Å². The maximum Gasteiger partial charge on any atom is 0.167 e. The Balaban J connectivity index is 1.39. The molecule has 4 rings (SSSR count). The van der Waals surface area contributed by atoms with Crippen LogP contribution in [0.2, 0.25) is 0 Å². The van der Waals surface area contributed by atoms with Crippen LogP contribution in [-0.2, 0) is 9.47 Å². The van der Waals surface area contributed by atoms with E-state index in [1.54, 1.807) is 0 Å². The molecule has 2 aliphatic rings. The second kappa shape index (κ2) is 17.4. The monoisotopic (exact) mass is 580 g/mol. The van der Waals surface area contributed by atoms with Crippen molar-refractivity contribution in [2.75, 3.05) is 78.9 Å². The van der Waals surface area contributed by atoms with Crippen LogP contribution in [0, 0.1) is 11.8 Å². The van der Waals surface area contributed by atoms with Gasteiger partial charge in [0.25, 0.3) is 0 Å². The summed E-state index contributed by atoms with van der Waals surface area (Å²) >= 11 is 0. The number of Topliss-reactive ketones (excluding diaryl/α,β-unsaturated/α-hetero) is 2. The molecule has 0 aromatic heterocycles. The highest BCUT2D eigenvalue weighted by atomic mass is 16.5. The number of morpholine rings is 2. The van der Waals surface area contributed by atoms with E-state index in [1.165, 1.54) is 0 Å². The van der Waals surface area contributed by atoms with Gasteiger partial charge in [-0.25, -0.2) is 0 Å². The molecular weight excluding hydrogens is 532 g/mol. The Bertz CT molecular complexity index is 991. The van der Waals surface area contributed by atoms with Crippen LogP contribution in [-0.4, -0.2) is 100 Å². The van der Waals surface area contributed by atoms with E-state index < -0.39 is 0 Å². The Kier molecular flexibility index (Phi) is 13.3. The summed E-state index contributed by atoms with van der Waals surface area (Å²) < 4.78 is 22.2. The van der Waals surface area contributed by atoms with Gasteiger partial charge in [-0.15, -0.1) is 0 Å². The fourth-order valence-electron chi connectivity index (χ4n) is 5.82. The predicted octanol–water partition coefficient (Wildman–Crippen LogP) is 5.01. The zero-order chi connectivity index (χ0) is 29.6. The number of hydrogen-bond acceptors (Lipinski definition) is 8. The van der Waals surface area contributed by atoms with Gasteiger partial charge >= 0.3 is 0 Å². The lowest BCUT2D eigenvalue weighted by Crippen LogP contribution is -2.41. The first-order chi connectivity index (χ1) is 20.6. The normalized spacial score (nSPS) is 17.9. The molecule has 8 heteroatoms. The fourth-order valence-corrected chi connectivity index (χ4v) is 5.82. The number of carbonyl (C=O) groups excluding carboxylic acids is 2. The predicted molar refractivity (Wildman–Crippen MR) is 164 cm³/mol. The zero-order valence-electron chi connectivity index (χ0n) is 25.4. The van der Waals surface area contributed by atoms with E-state index in [9.17, 15) is 9.59 Å². The molecule has 2 aromatic rings. The Hall–Kier alpha value is -2.78. The number of hydrogen-bond donors (Lipinski definition) is 0. The van der Waals surface area contributed by atoms with Crippen molar-refractivity contribution in [1.82, 2.24) is 9.80 Å². The first-order valence-electron chi connectivity index (χ1n) is 15.7. The lowest BCUT2D eigenvalue weighted by molar-refractivity contribution is 0.0283. The lowest BCUT2D eigenvalue weighted by Gasteiger charge is -2.31. The molecule has 0 amide bonds. The molecule has 2 aliphatic heterocycles. The maximum absolute atomic E-state index is 13.7. The van der Waals surface area contributed by atoms with Crippen molar-refractivity contribution in [3.05, 3.63) is 59.7 Å². The van der Waals surface area contributed by atoms with Gasteiger partial charge in [-0.3, -0.25) is 19.4 Å². The molecule has 0 bridgehead atoms. The van der Waals surface area contributed by atoms with E-state index in [-0.39, 0.29) is 23.4 Å². The molecule has 0 saturated carbocycles. The lowest BCUT2D eigenvalue weighted by atomic mass is 9.88. The van der Waals surface area contributed by atoms with Crippen LogP contribution in [0.15, 0.2) is 48.5 Å². The van der Waals surface area contributed by atoms with Gasteiger partial charge in [-0.1, -0.05) is 12.8 Å². The van der Waals surface area contributed by atoms with Crippen LogP contribution in [0.5, 0.6) is 11.5 Å². The second-order valence-electron chi connectivity index (χ2n) is 11.1. The molecule has 2 heterocycles. The van der Waals surface area contributed by atoms with Crippen molar-refractivity contribution < 1.29 is 28.5 Å². The Labute approximate surface area is 251 Å². The van der Waals surface area contributed by atoms with Crippen LogP contribution in [0.1, 0.15) is 60.2 Å². The van der Waals surface area contributed by atoms with E-state index in [0.29, 0.717) is 39.6 Å². The molecule has 0 aliphatic carbocycles. The zero-order valence-corrected chi connectivity index (χ0v) is 25.4. The van der Waals surface area contributed by atoms with Crippen LogP contribution in [0.25, 0.3) is 0 Å². The minimum Gasteiger partial charge on any atom is -0.494 e. The molecule has 2 atom stereocenters. The number of ether oxygens (including phenoxy) is 4. The van der Waals surface area contributed by atoms with Gasteiger partial charge in [0.05, 0.1) is 39.6 Å². The summed E-state index contributed by atoms with van der Waals surface area (Å²) in [6.07, 6.45) is 3.39. The Morgan fingerprint density at radius 3 is 1.33 bits per heavy atom. The average Bonchev–Trinajstić information content (AvgIpc) is 3.03. The van der Waals surface area contributed by atoms with Gasteiger partial charge in [0.2, 0.25) is 0 Å². The molecular formula is C34H48N2O6. The van der Waals surface area contributed by atoms with Crippen LogP contribution in [0.4, 0.5) is 0 Å². The smallest absolute Gasteiger partial charge is 0.167 e. The fraction of sp³-hybridized carbons (Fsp3) is 0.588. The first kappa shape index (κ1) is 32.1. The highest BCUT2D eigenvalue weighted by molar-refractivity contribution is 5.98. The van der Waals surface area contributed by atoms with Gasteiger partial charge in [0.1, 0.15) is 11.5 Å². The SMILES string of the molecule is CCOc1ccc(C(=O)[C@H](CCCC[C@@H](CN2CCOCC2)C(=O)c2ccc(OCC)cc2)CN2CCOCC2)cc1. The molecule has 0 N–H and O–H groups in total. The van der Waals surface area contributed by atoms with Crippen molar-refractivity contribution in [1.29, 1.82) is 0 Å². The molecule has 0 unspecified atom stereocenters. The largest absolute Gasteiger partial charge is 0.494 e. The van der Waals surface area contributed by atoms with Crippen molar-refractivity contribution in [3.63, 3.8) is 0 Å². The number of unbranched alkanes of at least 4 members (excludes halogenated alkanes) is 1. The molecule has 2 fully saturated rings. The van der Waals surface area contributed by atoms with Gasteiger partial charge < -0.3 is 18.9 Å². The number of ketones is 2. The number of nitrogens with zero attached hydrogens (tertiary/aromatic N) is 2. The highest BCUT2D eigenvalue weighted by Crippen LogP contribution is 2.24. The third-order valence-corrected chi connectivity index (χ3v) is 8.16. The number of rotatable bonds is 17. The van der Waals surface area contributed by atoms with Gasteiger partial charge in [0.15, 0.2) is 11.6 Å². The van der Waals surface area contributed by atoms with Gasteiger partial charge in [-0.2, -0.15) is 0 Å². The molecule has 8 nitrogen and oxygen atoms in total. The van der Waals surface area contributed by atoms with Crippen molar-refractivity contribution >= 4 is 11.6 Å². The summed E-state index contributed by atoms with van der Waals surface area (Å²) in [4.78, 5) is 32.0. The molecule has 2 saturated heterocycles. The van der Waals surface area contributed by atoms with Gasteiger partial charge in [-0.05, 0) is 75.2 Å². The van der Waals surface area contributed by atoms with Crippen molar-refractivity contribution in [2.24, 2.45) is 11.8 Å². The first-order valence-corrected chi connectivity index (χ1v) is 15.7. The Morgan fingerprint density at radius 2 is 1.00 bits per heavy atom. The quantitative estimate of drug-likeness (QED) is 0.191. The molecule has 230 valence electrons. The topological polar surface area (TPSA) is 77.5 Å². The molecule has 42 heavy (non-hydrogen) atoms. The third-order valence-electron chi connectivity index (χ3n) is 8.16. The molecule has 0 radical (unpaired) electrons. The third kappa shape index (κ3) is 9.90. The molecule has 2 aromatic carbocycles. The van der Waals surface area contributed by atoms with E-state index in [0.717, 1.165) is 87.6 Å². The van der Waals surface area contributed by atoms with Crippen LogP contribution >= 0.6 is 0 Å². The van der Waals surface area contributed by atoms with E-state index in [1.807, 2.05) is 62.4 Å². The Morgan fingerprint density at radius 1 is 0.643 bits per heavy atom. The van der Waals surface area contributed by atoms with E-state index >= 15 is 0 Å². The second-order valence-corrected chi connectivity index (χ2v) is 11.1. The molecule has 0 spiro atoms.